The maximum Gasteiger partial charge on any atom is 0.138 e. The molecule has 4 heterocycles. The lowest BCUT2D eigenvalue weighted by atomic mass is 10.0. The van der Waals surface area contributed by atoms with E-state index in [0.29, 0.717) is 5.92 Å². The van der Waals surface area contributed by atoms with Gasteiger partial charge in [0.2, 0.25) is 0 Å². The minimum atomic E-state index is 0.583. The molecule has 1 unspecified atom stereocenters. The second-order valence-electron chi connectivity index (χ2n) is 6.84. The van der Waals surface area contributed by atoms with E-state index >= 15 is 0 Å². The molecule has 24 heavy (non-hydrogen) atoms. The van der Waals surface area contributed by atoms with E-state index in [4.69, 9.17) is 0 Å². The number of likely N-dealkylation sites (tertiary alicyclic amines) is 1. The number of fused-ring (bicyclic) bond motifs is 2. The first-order chi connectivity index (χ1) is 11.8. The lowest BCUT2D eigenvalue weighted by molar-refractivity contribution is 0.411. The van der Waals surface area contributed by atoms with Crippen molar-refractivity contribution in [1.29, 1.82) is 0 Å². The van der Waals surface area contributed by atoms with Gasteiger partial charge in [0, 0.05) is 52.4 Å². The van der Waals surface area contributed by atoms with E-state index in [9.17, 15) is 0 Å². The van der Waals surface area contributed by atoms with Gasteiger partial charge in [0.05, 0.1) is 0 Å². The van der Waals surface area contributed by atoms with Gasteiger partial charge < -0.3 is 14.9 Å². The highest BCUT2D eigenvalue weighted by molar-refractivity contribution is 6.03. The van der Waals surface area contributed by atoms with Gasteiger partial charge in [-0.1, -0.05) is 18.2 Å². The van der Waals surface area contributed by atoms with E-state index in [1.807, 2.05) is 6.20 Å². The number of nitrogens with one attached hydrogen (secondary N) is 2. The Bertz CT molecular complexity index is 1030. The molecule has 4 aromatic rings. The molecule has 0 saturated carbocycles. The molecule has 5 rings (SSSR count). The van der Waals surface area contributed by atoms with E-state index in [2.05, 4.69) is 69.5 Å². The predicted molar refractivity (Wildman–Crippen MR) is 98.2 cm³/mol. The average Bonchev–Trinajstić information content (AvgIpc) is 3.31. The fraction of sp³-hybridized carbons (Fsp3) is 0.250. The zero-order valence-electron chi connectivity index (χ0n) is 13.7. The summed E-state index contributed by atoms with van der Waals surface area (Å²) in [4.78, 5) is 13.9. The van der Waals surface area contributed by atoms with Crippen LogP contribution in [-0.2, 0) is 0 Å². The SMILES string of the molecule is CN1CCC(c2cc3c(-c4c[nH]c5ccccc45)ccnc3[nH]2)C1. The lowest BCUT2D eigenvalue weighted by Gasteiger charge is -2.07. The molecule has 0 amide bonds. The molecule has 120 valence electrons. The van der Waals surface area contributed by atoms with Gasteiger partial charge in [-0.15, -0.1) is 0 Å². The Balaban J connectivity index is 1.67. The van der Waals surface area contributed by atoms with Crippen LogP contribution in [0.4, 0.5) is 0 Å². The molecule has 1 atom stereocenters. The quantitative estimate of drug-likeness (QED) is 0.584. The van der Waals surface area contributed by atoms with Crippen molar-refractivity contribution in [3.05, 3.63) is 54.5 Å². The maximum atomic E-state index is 4.56. The molecule has 0 aliphatic carbocycles. The maximum absolute atomic E-state index is 4.56. The zero-order valence-corrected chi connectivity index (χ0v) is 13.7. The Hall–Kier alpha value is -2.59. The van der Waals surface area contributed by atoms with E-state index < -0.39 is 0 Å². The van der Waals surface area contributed by atoms with Crippen molar-refractivity contribution >= 4 is 21.9 Å². The zero-order chi connectivity index (χ0) is 16.1. The molecule has 3 aromatic heterocycles. The standard InChI is InChI=1S/C20H20N4/c1-24-9-7-13(12-24)19-10-16-14(6-8-21-20(16)23-19)17-11-22-18-5-3-2-4-15(17)18/h2-6,8,10-11,13,22H,7,9,12H2,1H3,(H,21,23). The minimum absolute atomic E-state index is 0.583. The summed E-state index contributed by atoms with van der Waals surface area (Å²) < 4.78 is 0. The van der Waals surface area contributed by atoms with E-state index in [-0.39, 0.29) is 0 Å². The summed E-state index contributed by atoms with van der Waals surface area (Å²) in [6.45, 7) is 2.29. The summed E-state index contributed by atoms with van der Waals surface area (Å²) in [6, 6.07) is 12.9. The predicted octanol–water partition coefficient (Wildman–Crippen LogP) is 4.13. The number of hydrogen-bond acceptors (Lipinski definition) is 2. The van der Waals surface area contributed by atoms with Crippen LogP contribution in [-0.4, -0.2) is 40.0 Å². The van der Waals surface area contributed by atoms with Crippen LogP contribution in [0.3, 0.4) is 0 Å². The van der Waals surface area contributed by atoms with Gasteiger partial charge in [-0.2, -0.15) is 0 Å². The summed E-state index contributed by atoms with van der Waals surface area (Å²) in [5, 5.41) is 2.47. The highest BCUT2D eigenvalue weighted by Gasteiger charge is 2.23. The molecule has 4 heteroatoms. The number of rotatable bonds is 2. The van der Waals surface area contributed by atoms with Crippen molar-refractivity contribution < 1.29 is 0 Å². The largest absolute Gasteiger partial charge is 0.361 e. The van der Waals surface area contributed by atoms with Crippen LogP contribution in [0.25, 0.3) is 33.1 Å². The van der Waals surface area contributed by atoms with E-state index in [0.717, 1.165) is 12.2 Å². The van der Waals surface area contributed by atoms with Crippen molar-refractivity contribution in [2.24, 2.45) is 0 Å². The highest BCUT2D eigenvalue weighted by Crippen LogP contribution is 2.35. The van der Waals surface area contributed by atoms with Gasteiger partial charge in [0.15, 0.2) is 0 Å². The summed E-state index contributed by atoms with van der Waals surface area (Å²) >= 11 is 0. The van der Waals surface area contributed by atoms with Crippen molar-refractivity contribution in [1.82, 2.24) is 19.9 Å². The summed E-state index contributed by atoms with van der Waals surface area (Å²) in [6.07, 6.45) is 5.22. The Morgan fingerprint density at radius 2 is 2.04 bits per heavy atom. The molecule has 1 fully saturated rings. The third kappa shape index (κ3) is 2.07. The smallest absolute Gasteiger partial charge is 0.138 e. The topological polar surface area (TPSA) is 47.7 Å². The normalized spacial score (nSPS) is 18.8. The first-order valence-corrected chi connectivity index (χ1v) is 8.52. The summed E-state index contributed by atoms with van der Waals surface area (Å²) in [5.74, 6) is 0.583. The van der Waals surface area contributed by atoms with Crippen molar-refractivity contribution in [3.63, 3.8) is 0 Å². The summed E-state index contributed by atoms with van der Waals surface area (Å²) in [5.41, 5.74) is 5.96. The molecule has 1 aromatic carbocycles. The van der Waals surface area contributed by atoms with Crippen molar-refractivity contribution in [3.8, 4) is 11.1 Å². The van der Waals surface area contributed by atoms with Crippen LogP contribution in [0.1, 0.15) is 18.0 Å². The molecule has 4 nitrogen and oxygen atoms in total. The molecular formula is C20H20N4. The molecule has 2 N–H and O–H groups in total. The fourth-order valence-electron chi connectivity index (χ4n) is 3.99. The Morgan fingerprint density at radius 1 is 1.12 bits per heavy atom. The number of H-pyrrole nitrogens is 2. The van der Waals surface area contributed by atoms with Crippen LogP contribution in [0.2, 0.25) is 0 Å². The lowest BCUT2D eigenvalue weighted by Crippen LogP contribution is -2.13. The number of hydrogen-bond donors (Lipinski definition) is 2. The number of likely N-dealkylation sites (N-methyl/N-ethyl adjacent to an activating group) is 1. The molecule has 1 aliphatic rings. The Labute approximate surface area is 140 Å². The van der Waals surface area contributed by atoms with Crippen molar-refractivity contribution in [2.75, 3.05) is 20.1 Å². The average molecular weight is 316 g/mol. The monoisotopic (exact) mass is 316 g/mol. The number of benzene rings is 1. The minimum Gasteiger partial charge on any atom is -0.361 e. The molecular weight excluding hydrogens is 296 g/mol. The van der Waals surface area contributed by atoms with E-state index in [1.165, 1.54) is 46.1 Å². The van der Waals surface area contributed by atoms with Gasteiger partial charge >= 0.3 is 0 Å². The third-order valence-electron chi connectivity index (χ3n) is 5.26. The van der Waals surface area contributed by atoms with Gasteiger partial charge in [0.25, 0.3) is 0 Å². The number of para-hydroxylation sites is 1. The van der Waals surface area contributed by atoms with Gasteiger partial charge in [-0.3, -0.25) is 0 Å². The van der Waals surface area contributed by atoms with Crippen molar-refractivity contribution in [2.45, 2.75) is 12.3 Å². The first kappa shape index (κ1) is 13.8. The number of aromatic nitrogens is 3. The molecule has 0 radical (unpaired) electrons. The van der Waals surface area contributed by atoms with E-state index in [1.54, 1.807) is 0 Å². The Morgan fingerprint density at radius 3 is 2.92 bits per heavy atom. The van der Waals surface area contributed by atoms with Gasteiger partial charge in [-0.05, 0) is 43.8 Å². The molecule has 1 saturated heterocycles. The first-order valence-electron chi connectivity index (χ1n) is 8.52. The van der Waals surface area contributed by atoms with Crippen LogP contribution >= 0.6 is 0 Å². The van der Waals surface area contributed by atoms with Crippen LogP contribution < -0.4 is 0 Å². The number of aromatic amines is 2. The summed E-state index contributed by atoms with van der Waals surface area (Å²) in [7, 11) is 2.19. The van der Waals surface area contributed by atoms with Gasteiger partial charge in [0.1, 0.15) is 5.65 Å². The highest BCUT2D eigenvalue weighted by atomic mass is 15.1. The van der Waals surface area contributed by atoms with Crippen LogP contribution in [0.5, 0.6) is 0 Å². The Kier molecular flexibility index (Phi) is 3.00. The van der Waals surface area contributed by atoms with Crippen LogP contribution in [0, 0.1) is 0 Å². The fourth-order valence-corrected chi connectivity index (χ4v) is 3.99. The molecule has 0 bridgehead atoms. The number of pyridine rings is 1. The second kappa shape index (κ2) is 5.21. The second-order valence-corrected chi connectivity index (χ2v) is 6.84. The van der Waals surface area contributed by atoms with Gasteiger partial charge in [-0.25, -0.2) is 4.98 Å². The molecule has 0 spiro atoms. The van der Waals surface area contributed by atoms with Crippen LogP contribution in [0.15, 0.2) is 48.8 Å². The number of nitrogens with zero attached hydrogens (tertiary/aromatic N) is 2. The third-order valence-corrected chi connectivity index (χ3v) is 5.26. The molecule has 1 aliphatic heterocycles.